The summed E-state index contributed by atoms with van der Waals surface area (Å²) in [6, 6.07) is 17.6. The fraction of sp³-hybridized carbons (Fsp3) is 0.316. The van der Waals surface area contributed by atoms with Gasteiger partial charge in [0.05, 0.1) is 18.8 Å². The average Bonchev–Trinajstić information content (AvgIpc) is 2.64. The number of benzene rings is 2. The van der Waals surface area contributed by atoms with Gasteiger partial charge in [-0.3, -0.25) is 9.69 Å². The van der Waals surface area contributed by atoms with Crippen LogP contribution in [0.3, 0.4) is 0 Å². The van der Waals surface area contributed by atoms with Crippen LogP contribution >= 0.6 is 22.6 Å². The summed E-state index contributed by atoms with van der Waals surface area (Å²) in [5, 5.41) is 0. The highest BCUT2D eigenvalue weighted by Crippen LogP contribution is 2.20. The molecule has 2 aromatic rings. The normalized spacial score (nSPS) is 15.2. The van der Waals surface area contributed by atoms with E-state index in [9.17, 15) is 4.79 Å². The molecule has 0 radical (unpaired) electrons. The van der Waals surface area contributed by atoms with Crippen molar-refractivity contribution in [1.82, 2.24) is 4.90 Å². The molecule has 1 saturated heterocycles. The first-order valence-corrected chi connectivity index (χ1v) is 9.25. The number of morpholine rings is 1. The molecule has 0 aliphatic carbocycles. The molecule has 0 aromatic heterocycles. The summed E-state index contributed by atoms with van der Waals surface area (Å²) in [5.74, 6) is 0.0551. The lowest BCUT2D eigenvalue weighted by molar-refractivity contribution is 0.0391. The van der Waals surface area contributed by atoms with Crippen molar-refractivity contribution in [2.24, 2.45) is 0 Å². The Bertz CT molecular complexity index is 672. The van der Waals surface area contributed by atoms with Gasteiger partial charge in [-0.15, -0.1) is 0 Å². The first-order valence-electron chi connectivity index (χ1n) is 8.17. The Morgan fingerprint density at radius 2 is 1.71 bits per heavy atom. The second-order valence-electron chi connectivity index (χ2n) is 5.73. The van der Waals surface area contributed by atoms with Crippen LogP contribution < -0.4 is 4.90 Å². The first kappa shape index (κ1) is 17.4. The lowest BCUT2D eigenvalue weighted by atomic mass is 10.1. The van der Waals surface area contributed by atoms with Crippen LogP contribution in [-0.2, 0) is 4.74 Å². The van der Waals surface area contributed by atoms with Gasteiger partial charge in [-0.05, 0) is 46.9 Å². The van der Waals surface area contributed by atoms with Crippen molar-refractivity contribution in [2.75, 3.05) is 44.3 Å². The maximum atomic E-state index is 13.1. The van der Waals surface area contributed by atoms with E-state index < -0.39 is 0 Å². The zero-order valence-electron chi connectivity index (χ0n) is 13.5. The van der Waals surface area contributed by atoms with Gasteiger partial charge in [0.25, 0.3) is 5.91 Å². The molecule has 0 saturated carbocycles. The SMILES string of the molecule is O=C(c1ccccc1I)N(CCN1CCOCC1)c1ccccc1. The van der Waals surface area contributed by atoms with E-state index in [1.54, 1.807) is 0 Å². The topological polar surface area (TPSA) is 32.8 Å². The molecule has 24 heavy (non-hydrogen) atoms. The number of hydrogen-bond acceptors (Lipinski definition) is 3. The number of para-hydroxylation sites is 1. The number of anilines is 1. The Hall–Kier alpha value is -1.44. The van der Waals surface area contributed by atoms with Crippen molar-refractivity contribution >= 4 is 34.2 Å². The van der Waals surface area contributed by atoms with Crippen LogP contribution in [0.2, 0.25) is 0 Å². The number of rotatable bonds is 5. The Kier molecular flexibility index (Phi) is 6.23. The Labute approximate surface area is 156 Å². The van der Waals surface area contributed by atoms with Crippen molar-refractivity contribution in [3.05, 3.63) is 63.7 Å². The molecule has 0 bridgehead atoms. The minimum atomic E-state index is 0.0551. The van der Waals surface area contributed by atoms with Gasteiger partial charge in [0, 0.05) is 35.4 Å². The van der Waals surface area contributed by atoms with Crippen molar-refractivity contribution in [3.63, 3.8) is 0 Å². The smallest absolute Gasteiger partial charge is 0.259 e. The highest BCUT2D eigenvalue weighted by molar-refractivity contribution is 14.1. The third-order valence-corrected chi connectivity index (χ3v) is 5.10. The summed E-state index contributed by atoms with van der Waals surface area (Å²) < 4.78 is 6.38. The fourth-order valence-electron chi connectivity index (χ4n) is 2.80. The molecular weight excluding hydrogens is 415 g/mol. The maximum Gasteiger partial charge on any atom is 0.259 e. The van der Waals surface area contributed by atoms with E-state index in [0.717, 1.165) is 47.7 Å². The molecule has 2 aromatic carbocycles. The molecule has 1 aliphatic heterocycles. The maximum absolute atomic E-state index is 13.1. The number of carbonyl (C=O) groups excluding carboxylic acids is 1. The molecule has 1 fully saturated rings. The summed E-state index contributed by atoms with van der Waals surface area (Å²) in [7, 11) is 0. The van der Waals surface area contributed by atoms with Gasteiger partial charge in [0.15, 0.2) is 0 Å². The number of nitrogens with zero attached hydrogens (tertiary/aromatic N) is 2. The van der Waals surface area contributed by atoms with Crippen LogP contribution in [-0.4, -0.2) is 50.2 Å². The molecule has 126 valence electrons. The Balaban J connectivity index is 1.79. The summed E-state index contributed by atoms with van der Waals surface area (Å²) in [4.78, 5) is 17.3. The average molecular weight is 436 g/mol. The Morgan fingerprint density at radius 3 is 2.42 bits per heavy atom. The minimum Gasteiger partial charge on any atom is -0.379 e. The van der Waals surface area contributed by atoms with Gasteiger partial charge in [0.2, 0.25) is 0 Å². The second kappa shape index (κ2) is 8.60. The monoisotopic (exact) mass is 436 g/mol. The molecular formula is C19H21IN2O2. The van der Waals surface area contributed by atoms with E-state index in [1.807, 2.05) is 59.5 Å². The van der Waals surface area contributed by atoms with E-state index in [-0.39, 0.29) is 5.91 Å². The van der Waals surface area contributed by atoms with Crippen LogP contribution in [0.4, 0.5) is 5.69 Å². The zero-order valence-corrected chi connectivity index (χ0v) is 15.7. The van der Waals surface area contributed by atoms with Crippen molar-refractivity contribution < 1.29 is 9.53 Å². The van der Waals surface area contributed by atoms with E-state index in [2.05, 4.69) is 27.5 Å². The van der Waals surface area contributed by atoms with E-state index in [0.29, 0.717) is 6.54 Å². The largest absolute Gasteiger partial charge is 0.379 e. The van der Waals surface area contributed by atoms with Gasteiger partial charge in [-0.25, -0.2) is 0 Å². The Morgan fingerprint density at radius 1 is 1.04 bits per heavy atom. The van der Waals surface area contributed by atoms with Crippen LogP contribution in [0.25, 0.3) is 0 Å². The number of carbonyl (C=O) groups is 1. The van der Waals surface area contributed by atoms with Gasteiger partial charge in [-0.1, -0.05) is 30.3 Å². The van der Waals surface area contributed by atoms with E-state index in [1.165, 1.54) is 0 Å². The first-order chi connectivity index (χ1) is 11.8. The minimum absolute atomic E-state index is 0.0551. The molecule has 0 N–H and O–H groups in total. The molecule has 1 heterocycles. The zero-order chi connectivity index (χ0) is 16.8. The molecule has 5 heteroatoms. The van der Waals surface area contributed by atoms with Crippen molar-refractivity contribution in [2.45, 2.75) is 0 Å². The molecule has 1 aliphatic rings. The van der Waals surface area contributed by atoms with Crippen molar-refractivity contribution in [3.8, 4) is 0 Å². The van der Waals surface area contributed by atoms with Crippen LogP contribution in [0.15, 0.2) is 54.6 Å². The summed E-state index contributed by atoms with van der Waals surface area (Å²) in [6.45, 7) is 4.94. The van der Waals surface area contributed by atoms with Gasteiger partial charge >= 0.3 is 0 Å². The predicted molar refractivity (Wildman–Crippen MR) is 105 cm³/mol. The number of hydrogen-bond donors (Lipinski definition) is 0. The number of ether oxygens (including phenoxy) is 1. The molecule has 3 rings (SSSR count). The molecule has 0 unspecified atom stereocenters. The highest BCUT2D eigenvalue weighted by Gasteiger charge is 2.21. The standard InChI is InChI=1S/C19H21IN2O2/c20-18-9-5-4-8-17(18)19(23)22(16-6-2-1-3-7-16)11-10-21-12-14-24-15-13-21/h1-9H,10-15H2. The fourth-order valence-corrected chi connectivity index (χ4v) is 3.42. The molecule has 4 nitrogen and oxygen atoms in total. The predicted octanol–water partition coefficient (Wildman–Crippen LogP) is 3.27. The van der Waals surface area contributed by atoms with E-state index in [4.69, 9.17) is 4.74 Å². The van der Waals surface area contributed by atoms with Gasteiger partial charge in [0.1, 0.15) is 0 Å². The number of halogens is 1. The van der Waals surface area contributed by atoms with Gasteiger partial charge < -0.3 is 9.64 Å². The summed E-state index contributed by atoms with van der Waals surface area (Å²) in [5.41, 5.74) is 1.69. The van der Waals surface area contributed by atoms with Gasteiger partial charge in [-0.2, -0.15) is 0 Å². The lowest BCUT2D eigenvalue weighted by Gasteiger charge is -2.30. The van der Waals surface area contributed by atoms with Crippen molar-refractivity contribution in [1.29, 1.82) is 0 Å². The third-order valence-electron chi connectivity index (χ3n) is 4.16. The summed E-state index contributed by atoms with van der Waals surface area (Å²) >= 11 is 2.23. The highest BCUT2D eigenvalue weighted by atomic mass is 127. The lowest BCUT2D eigenvalue weighted by Crippen LogP contribution is -2.43. The van der Waals surface area contributed by atoms with Crippen LogP contribution in [0.5, 0.6) is 0 Å². The third kappa shape index (κ3) is 4.34. The number of amides is 1. The molecule has 0 atom stereocenters. The summed E-state index contributed by atoms with van der Waals surface area (Å²) in [6.07, 6.45) is 0. The quantitative estimate of drug-likeness (QED) is 0.675. The second-order valence-corrected chi connectivity index (χ2v) is 6.89. The molecule has 1 amide bonds. The van der Waals surface area contributed by atoms with Crippen LogP contribution in [0.1, 0.15) is 10.4 Å². The van der Waals surface area contributed by atoms with Crippen LogP contribution in [0, 0.1) is 3.57 Å². The molecule has 0 spiro atoms. The van der Waals surface area contributed by atoms with E-state index >= 15 is 0 Å².